The number of nitrogens with one attached hydrogen (secondary N) is 1. The highest BCUT2D eigenvalue weighted by molar-refractivity contribution is 6.10. The Morgan fingerprint density at radius 3 is 2.17 bits per heavy atom. The first-order valence-electron chi connectivity index (χ1n) is 13.0. The number of allylic oxidation sites excluding steroid dienone is 1. The van der Waals surface area contributed by atoms with E-state index in [2.05, 4.69) is 59.9 Å². The topological polar surface area (TPSA) is 58.6 Å². The maximum Gasteiger partial charge on any atom is 0.329 e. The van der Waals surface area contributed by atoms with Crippen molar-refractivity contribution in [3.05, 3.63) is 107 Å². The second-order valence-corrected chi connectivity index (χ2v) is 10.4. The molecule has 0 radical (unpaired) electrons. The van der Waals surface area contributed by atoms with Crippen LogP contribution in [0.1, 0.15) is 50.2 Å². The Bertz CT molecular complexity index is 1250. The molecule has 5 heteroatoms. The second-order valence-electron chi connectivity index (χ2n) is 10.4. The lowest BCUT2D eigenvalue weighted by molar-refractivity contribution is -0.122. The number of rotatable bonds is 4. The van der Waals surface area contributed by atoms with Crippen molar-refractivity contribution in [1.82, 2.24) is 10.2 Å². The summed E-state index contributed by atoms with van der Waals surface area (Å²) in [5.41, 5.74) is 3.11. The zero-order chi connectivity index (χ0) is 24.9. The average molecular weight is 481 g/mol. The van der Waals surface area contributed by atoms with Crippen LogP contribution in [0.5, 0.6) is 0 Å². The number of benzene rings is 2. The number of urea groups is 1. The highest BCUT2D eigenvalue weighted by Gasteiger charge is 2.77. The number of methoxy groups -OCH3 is 1. The van der Waals surface area contributed by atoms with Crippen LogP contribution in [-0.2, 0) is 14.9 Å². The van der Waals surface area contributed by atoms with Gasteiger partial charge in [0.25, 0.3) is 5.91 Å². The Morgan fingerprint density at radius 1 is 0.972 bits per heavy atom. The fourth-order valence-electron chi connectivity index (χ4n) is 6.86. The van der Waals surface area contributed by atoms with Crippen LogP contribution < -0.4 is 5.32 Å². The van der Waals surface area contributed by atoms with Crippen LogP contribution in [0.25, 0.3) is 0 Å². The molecule has 1 heterocycles. The third-order valence-electron chi connectivity index (χ3n) is 8.64. The third-order valence-corrected chi connectivity index (χ3v) is 8.64. The van der Waals surface area contributed by atoms with Crippen LogP contribution in [0.3, 0.4) is 0 Å². The number of fused-ring (bicyclic) bond motifs is 2. The van der Waals surface area contributed by atoms with Gasteiger partial charge in [-0.15, -0.1) is 0 Å². The summed E-state index contributed by atoms with van der Waals surface area (Å²) in [6, 6.07) is 20.6. The van der Waals surface area contributed by atoms with Gasteiger partial charge in [0.15, 0.2) is 0 Å². The van der Waals surface area contributed by atoms with Crippen LogP contribution in [0, 0.1) is 5.92 Å². The van der Waals surface area contributed by atoms with E-state index in [1.54, 1.807) is 7.11 Å². The number of carbonyl (C=O) groups excluding carboxylic acids is 2. The van der Waals surface area contributed by atoms with Gasteiger partial charge >= 0.3 is 6.03 Å². The molecule has 2 aromatic rings. The lowest BCUT2D eigenvalue weighted by atomic mass is 9.82. The van der Waals surface area contributed by atoms with Gasteiger partial charge < -0.3 is 10.1 Å². The van der Waals surface area contributed by atoms with Gasteiger partial charge in [0.2, 0.25) is 0 Å². The number of nitrogens with zero attached hydrogens (tertiary/aromatic N) is 1. The van der Waals surface area contributed by atoms with Gasteiger partial charge in [-0.05, 0) is 37.0 Å². The molecule has 0 aromatic heterocycles. The lowest BCUT2D eigenvalue weighted by Crippen LogP contribution is -2.46. The van der Waals surface area contributed by atoms with Crippen LogP contribution in [0.2, 0.25) is 0 Å². The molecule has 4 aliphatic rings. The van der Waals surface area contributed by atoms with Gasteiger partial charge in [0.1, 0.15) is 5.60 Å². The Kier molecular flexibility index (Phi) is 5.49. The summed E-state index contributed by atoms with van der Waals surface area (Å²) < 4.78 is 6.39. The summed E-state index contributed by atoms with van der Waals surface area (Å²) in [6.07, 6.45) is 11.6. The fraction of sp³-hybridized carbons (Fsp3) is 0.355. The molecular formula is C31H32N2O3. The molecule has 2 fully saturated rings. The summed E-state index contributed by atoms with van der Waals surface area (Å²) in [7, 11) is 1.73. The molecule has 2 atom stereocenters. The molecular weight excluding hydrogens is 448 g/mol. The maximum atomic E-state index is 13.5. The molecule has 184 valence electrons. The summed E-state index contributed by atoms with van der Waals surface area (Å²) in [5.74, 6) is -0.249. The first kappa shape index (κ1) is 23.0. The molecule has 0 bridgehead atoms. The molecule has 36 heavy (non-hydrogen) atoms. The van der Waals surface area contributed by atoms with Crippen LogP contribution in [0.4, 0.5) is 4.79 Å². The van der Waals surface area contributed by atoms with Gasteiger partial charge in [-0.3, -0.25) is 4.79 Å². The van der Waals surface area contributed by atoms with Crippen molar-refractivity contribution in [2.75, 3.05) is 7.11 Å². The van der Waals surface area contributed by atoms with Crippen LogP contribution >= 0.6 is 0 Å². The van der Waals surface area contributed by atoms with E-state index in [1.165, 1.54) is 11.3 Å². The number of hydrogen-bond donors (Lipinski definition) is 1. The standard InChI is InChI=1S/C31H32N2O3/c1-21-25-18-19-27-30(36-2,31(27,22-12-6-3-7-13-22)23-14-8-4-9-15-23)20-26(25)33(28(21)34)29(35)32-24-16-10-5-11-17-24/h3-4,6-9,12-15,18-20,24,27H,5,10-11,16-17H2,1-2H3,(H,32,35)/t27-,30+/m1/s1. The Morgan fingerprint density at radius 2 is 1.58 bits per heavy atom. The summed E-state index contributed by atoms with van der Waals surface area (Å²) in [6.45, 7) is 1.81. The van der Waals surface area contributed by atoms with Gasteiger partial charge in [-0.1, -0.05) is 92.1 Å². The predicted molar refractivity (Wildman–Crippen MR) is 139 cm³/mol. The van der Waals surface area contributed by atoms with E-state index < -0.39 is 11.0 Å². The van der Waals surface area contributed by atoms with Crippen molar-refractivity contribution in [1.29, 1.82) is 0 Å². The summed E-state index contributed by atoms with van der Waals surface area (Å²) in [4.78, 5) is 28.2. The third kappa shape index (κ3) is 3.12. The smallest absolute Gasteiger partial charge is 0.329 e. The highest BCUT2D eigenvalue weighted by Crippen LogP contribution is 2.71. The Labute approximate surface area is 212 Å². The lowest BCUT2D eigenvalue weighted by Gasteiger charge is -2.28. The van der Waals surface area contributed by atoms with E-state index in [0.717, 1.165) is 42.4 Å². The van der Waals surface area contributed by atoms with E-state index in [-0.39, 0.29) is 23.9 Å². The predicted octanol–water partition coefficient (Wildman–Crippen LogP) is 5.64. The van der Waals surface area contributed by atoms with Gasteiger partial charge in [0.05, 0.1) is 11.1 Å². The molecule has 1 N–H and O–H groups in total. The molecule has 6 rings (SSSR count). The van der Waals surface area contributed by atoms with E-state index in [1.807, 2.05) is 31.2 Å². The van der Waals surface area contributed by atoms with Crippen molar-refractivity contribution < 1.29 is 14.3 Å². The van der Waals surface area contributed by atoms with Gasteiger partial charge in [0, 0.05) is 30.2 Å². The first-order valence-corrected chi connectivity index (χ1v) is 13.0. The normalized spacial score (nSPS) is 26.7. The minimum Gasteiger partial charge on any atom is -0.372 e. The number of amides is 3. The zero-order valence-electron chi connectivity index (χ0n) is 20.9. The molecule has 0 spiro atoms. The first-order chi connectivity index (χ1) is 17.5. The van der Waals surface area contributed by atoms with Crippen molar-refractivity contribution >= 4 is 11.9 Å². The number of imide groups is 1. The fourth-order valence-corrected chi connectivity index (χ4v) is 6.86. The quantitative estimate of drug-likeness (QED) is 0.616. The average Bonchev–Trinajstić information content (AvgIpc) is 3.48. The number of carbonyl (C=O) groups is 2. The SMILES string of the molecule is CO[C@@]12C=C3C(=C(C)C(=O)N3C(=O)NC3CCCCC3)C=C[C@H]1C2(c1ccccc1)c1ccccc1. The van der Waals surface area contributed by atoms with E-state index >= 15 is 0 Å². The number of hydrogen-bond acceptors (Lipinski definition) is 3. The molecule has 2 saturated carbocycles. The molecule has 2 aromatic carbocycles. The minimum absolute atomic E-state index is 0.0107. The van der Waals surface area contributed by atoms with Crippen molar-refractivity contribution in [2.24, 2.45) is 5.92 Å². The van der Waals surface area contributed by atoms with Gasteiger partial charge in [-0.25, -0.2) is 9.69 Å². The molecule has 0 unspecified atom stereocenters. The molecule has 0 saturated heterocycles. The largest absolute Gasteiger partial charge is 0.372 e. The molecule has 3 amide bonds. The highest BCUT2D eigenvalue weighted by atomic mass is 16.5. The minimum atomic E-state index is -0.739. The van der Waals surface area contributed by atoms with E-state index in [0.29, 0.717) is 11.3 Å². The van der Waals surface area contributed by atoms with Crippen LogP contribution in [-0.4, -0.2) is 35.6 Å². The van der Waals surface area contributed by atoms with E-state index in [9.17, 15) is 9.59 Å². The summed E-state index contributed by atoms with van der Waals surface area (Å²) in [5, 5.41) is 3.14. The molecule has 3 aliphatic carbocycles. The van der Waals surface area contributed by atoms with Crippen molar-refractivity contribution in [3.8, 4) is 0 Å². The van der Waals surface area contributed by atoms with Crippen molar-refractivity contribution in [3.63, 3.8) is 0 Å². The Balaban J connectivity index is 1.48. The molecule has 1 aliphatic heterocycles. The van der Waals surface area contributed by atoms with Crippen LogP contribution in [0.15, 0.2) is 95.7 Å². The van der Waals surface area contributed by atoms with Gasteiger partial charge in [-0.2, -0.15) is 0 Å². The maximum absolute atomic E-state index is 13.5. The van der Waals surface area contributed by atoms with Crippen molar-refractivity contribution in [2.45, 2.75) is 56.1 Å². The van der Waals surface area contributed by atoms with E-state index in [4.69, 9.17) is 4.74 Å². The Hall–Kier alpha value is -3.44. The monoisotopic (exact) mass is 480 g/mol. The summed E-state index contributed by atoms with van der Waals surface area (Å²) >= 11 is 0. The zero-order valence-corrected chi connectivity index (χ0v) is 20.9. The number of ether oxygens (including phenoxy) is 1. The second kappa shape index (κ2) is 8.59. The molecule has 5 nitrogen and oxygen atoms in total.